The van der Waals surface area contributed by atoms with Gasteiger partial charge in [0.25, 0.3) is 11.8 Å². The third kappa shape index (κ3) is 5.01. The summed E-state index contributed by atoms with van der Waals surface area (Å²) in [5, 5.41) is 5.02. The molecular weight excluding hydrogens is 440 g/mol. The van der Waals surface area contributed by atoms with Crippen LogP contribution >= 0.6 is 11.3 Å². The van der Waals surface area contributed by atoms with E-state index in [1.807, 2.05) is 48.7 Å². The minimum Gasteiger partial charge on any atom is -0.497 e. The fourth-order valence-electron chi connectivity index (χ4n) is 3.42. The van der Waals surface area contributed by atoms with Crippen molar-refractivity contribution in [3.63, 3.8) is 0 Å². The van der Waals surface area contributed by atoms with Crippen LogP contribution in [0.2, 0.25) is 0 Å². The van der Waals surface area contributed by atoms with Crippen LogP contribution in [0.4, 0.5) is 5.69 Å². The SMILES string of the molecule is CCOc1ccc(NC2=C(c3cccs3)C(=O)N(CCOc3ccc(OC)cc3)C2=O)cc1. The van der Waals surface area contributed by atoms with Gasteiger partial charge in [-0.1, -0.05) is 6.07 Å². The molecule has 0 bridgehead atoms. The van der Waals surface area contributed by atoms with Gasteiger partial charge in [0.05, 0.1) is 25.8 Å². The third-order valence-electron chi connectivity index (χ3n) is 5.01. The highest BCUT2D eigenvalue weighted by molar-refractivity contribution is 7.11. The van der Waals surface area contributed by atoms with E-state index in [2.05, 4.69) is 5.32 Å². The van der Waals surface area contributed by atoms with Crippen molar-refractivity contribution in [2.45, 2.75) is 6.92 Å². The Kier molecular flexibility index (Phi) is 6.95. The fraction of sp³-hybridized carbons (Fsp3) is 0.200. The second-order valence-electron chi connectivity index (χ2n) is 7.10. The molecule has 0 aliphatic carbocycles. The number of rotatable bonds is 10. The van der Waals surface area contributed by atoms with Gasteiger partial charge < -0.3 is 19.5 Å². The lowest BCUT2D eigenvalue weighted by atomic mass is 10.2. The molecule has 1 aromatic heterocycles. The number of hydrogen-bond donors (Lipinski definition) is 1. The van der Waals surface area contributed by atoms with Crippen molar-refractivity contribution in [2.75, 3.05) is 32.2 Å². The Bertz CT molecular complexity index is 1140. The first-order chi connectivity index (χ1) is 16.1. The van der Waals surface area contributed by atoms with Gasteiger partial charge in [0.1, 0.15) is 29.6 Å². The van der Waals surface area contributed by atoms with Crippen molar-refractivity contribution in [3.05, 3.63) is 76.6 Å². The minimum atomic E-state index is -0.379. The van der Waals surface area contributed by atoms with Crippen LogP contribution in [0.1, 0.15) is 11.8 Å². The number of ether oxygens (including phenoxy) is 3. The lowest BCUT2D eigenvalue weighted by Crippen LogP contribution is -2.35. The quantitative estimate of drug-likeness (QED) is 0.448. The highest BCUT2D eigenvalue weighted by atomic mass is 32.1. The van der Waals surface area contributed by atoms with Crippen molar-refractivity contribution < 1.29 is 23.8 Å². The molecule has 2 aromatic carbocycles. The summed E-state index contributed by atoms with van der Waals surface area (Å²) in [6.45, 7) is 2.80. The van der Waals surface area contributed by atoms with Gasteiger partial charge in [-0.05, 0) is 66.9 Å². The average molecular weight is 465 g/mol. The zero-order valence-electron chi connectivity index (χ0n) is 18.4. The maximum absolute atomic E-state index is 13.2. The standard InChI is InChI=1S/C25H24N2O5S/c1-3-31-19-8-6-17(7-9-19)26-23-22(21-5-4-16-33-21)24(28)27(25(23)29)14-15-32-20-12-10-18(30-2)11-13-20/h4-13,16,26H,3,14-15H2,1-2H3. The van der Waals surface area contributed by atoms with Gasteiger partial charge in [-0.3, -0.25) is 14.5 Å². The number of carbonyl (C=O) groups excluding carboxylic acids is 2. The van der Waals surface area contributed by atoms with E-state index in [-0.39, 0.29) is 30.7 Å². The summed E-state index contributed by atoms with van der Waals surface area (Å²) in [5.74, 6) is 1.38. The van der Waals surface area contributed by atoms with Crippen LogP contribution in [0, 0.1) is 0 Å². The lowest BCUT2D eigenvalue weighted by molar-refractivity contribution is -0.137. The molecule has 0 atom stereocenters. The monoisotopic (exact) mass is 464 g/mol. The number of carbonyl (C=O) groups is 2. The summed E-state index contributed by atoms with van der Waals surface area (Å²) in [7, 11) is 1.59. The molecule has 2 amide bonds. The summed E-state index contributed by atoms with van der Waals surface area (Å²) in [4.78, 5) is 28.4. The predicted octanol–water partition coefficient (Wildman–Crippen LogP) is 4.43. The van der Waals surface area contributed by atoms with Crippen LogP contribution in [-0.4, -0.2) is 43.6 Å². The van der Waals surface area contributed by atoms with Gasteiger partial charge in [0, 0.05) is 10.6 Å². The molecule has 0 saturated carbocycles. The number of benzene rings is 2. The van der Waals surface area contributed by atoms with Crippen molar-refractivity contribution in [3.8, 4) is 17.2 Å². The second-order valence-corrected chi connectivity index (χ2v) is 8.04. The Morgan fingerprint density at radius 3 is 2.18 bits per heavy atom. The number of anilines is 1. The first-order valence-electron chi connectivity index (χ1n) is 10.5. The van der Waals surface area contributed by atoms with E-state index in [1.54, 1.807) is 31.4 Å². The molecule has 0 saturated heterocycles. The van der Waals surface area contributed by atoms with Crippen LogP contribution in [0.25, 0.3) is 5.57 Å². The number of imide groups is 1. The maximum atomic E-state index is 13.2. The molecule has 0 fully saturated rings. The highest BCUT2D eigenvalue weighted by Gasteiger charge is 2.39. The topological polar surface area (TPSA) is 77.1 Å². The largest absolute Gasteiger partial charge is 0.497 e. The van der Waals surface area contributed by atoms with Crippen LogP contribution in [-0.2, 0) is 9.59 Å². The Morgan fingerprint density at radius 2 is 1.55 bits per heavy atom. The van der Waals surface area contributed by atoms with E-state index >= 15 is 0 Å². The molecule has 7 nitrogen and oxygen atoms in total. The van der Waals surface area contributed by atoms with Gasteiger partial charge in [0.15, 0.2) is 0 Å². The van der Waals surface area contributed by atoms with Gasteiger partial charge in [0.2, 0.25) is 0 Å². The fourth-order valence-corrected chi connectivity index (χ4v) is 4.18. The molecule has 4 rings (SSSR count). The van der Waals surface area contributed by atoms with E-state index in [9.17, 15) is 9.59 Å². The van der Waals surface area contributed by atoms with Gasteiger partial charge >= 0.3 is 0 Å². The zero-order valence-corrected chi connectivity index (χ0v) is 19.2. The summed E-state index contributed by atoms with van der Waals surface area (Å²) < 4.78 is 16.3. The van der Waals surface area contributed by atoms with Gasteiger partial charge in [-0.15, -0.1) is 11.3 Å². The Hall–Kier alpha value is -3.78. The van der Waals surface area contributed by atoms with Crippen molar-refractivity contribution >= 4 is 34.4 Å². The first-order valence-corrected chi connectivity index (χ1v) is 11.4. The molecule has 1 aliphatic heterocycles. The van der Waals surface area contributed by atoms with E-state index < -0.39 is 0 Å². The van der Waals surface area contributed by atoms with E-state index in [4.69, 9.17) is 14.2 Å². The number of amides is 2. The number of nitrogens with zero attached hydrogens (tertiary/aromatic N) is 1. The van der Waals surface area contributed by atoms with E-state index in [0.717, 1.165) is 16.4 Å². The van der Waals surface area contributed by atoms with Crippen molar-refractivity contribution in [1.82, 2.24) is 4.90 Å². The Morgan fingerprint density at radius 1 is 0.879 bits per heavy atom. The molecule has 1 N–H and O–H groups in total. The summed E-state index contributed by atoms with van der Waals surface area (Å²) in [6, 6.07) is 18.1. The number of hydrogen-bond acceptors (Lipinski definition) is 7. The lowest BCUT2D eigenvalue weighted by Gasteiger charge is -2.16. The predicted molar refractivity (Wildman–Crippen MR) is 128 cm³/mol. The first kappa shape index (κ1) is 22.4. The molecule has 3 aromatic rings. The van der Waals surface area contributed by atoms with Crippen molar-refractivity contribution in [1.29, 1.82) is 0 Å². The second kappa shape index (κ2) is 10.2. The Labute approximate surface area is 196 Å². The van der Waals surface area contributed by atoms with Crippen LogP contribution < -0.4 is 19.5 Å². The summed E-state index contributed by atoms with van der Waals surface area (Å²) in [6.07, 6.45) is 0. The molecule has 33 heavy (non-hydrogen) atoms. The normalized spacial score (nSPS) is 13.5. The van der Waals surface area contributed by atoms with Gasteiger partial charge in [-0.2, -0.15) is 0 Å². The number of methoxy groups -OCH3 is 1. The molecule has 8 heteroatoms. The van der Waals surface area contributed by atoms with Crippen LogP contribution in [0.3, 0.4) is 0 Å². The molecule has 170 valence electrons. The molecule has 0 unspecified atom stereocenters. The summed E-state index contributed by atoms with van der Waals surface area (Å²) in [5.41, 5.74) is 1.32. The van der Waals surface area contributed by atoms with Gasteiger partial charge in [-0.25, -0.2) is 0 Å². The molecule has 1 aliphatic rings. The third-order valence-corrected chi connectivity index (χ3v) is 5.90. The minimum absolute atomic E-state index is 0.132. The number of nitrogens with one attached hydrogen (secondary N) is 1. The summed E-state index contributed by atoms with van der Waals surface area (Å²) >= 11 is 1.41. The van der Waals surface area contributed by atoms with E-state index in [0.29, 0.717) is 23.6 Å². The molecular formula is C25H24N2O5S. The molecule has 0 radical (unpaired) electrons. The zero-order chi connectivity index (χ0) is 23.2. The Balaban J connectivity index is 1.49. The van der Waals surface area contributed by atoms with E-state index in [1.165, 1.54) is 16.2 Å². The van der Waals surface area contributed by atoms with Crippen molar-refractivity contribution in [2.24, 2.45) is 0 Å². The van der Waals surface area contributed by atoms with Crippen LogP contribution in [0.15, 0.2) is 71.7 Å². The maximum Gasteiger partial charge on any atom is 0.278 e. The smallest absolute Gasteiger partial charge is 0.278 e. The molecule has 0 spiro atoms. The average Bonchev–Trinajstić information content (AvgIpc) is 3.44. The highest BCUT2D eigenvalue weighted by Crippen LogP contribution is 2.33. The number of thiophene rings is 1. The van der Waals surface area contributed by atoms with Crippen LogP contribution in [0.5, 0.6) is 17.2 Å². The molecule has 2 heterocycles.